The van der Waals surface area contributed by atoms with E-state index < -0.39 is 0 Å². The van der Waals surface area contributed by atoms with Crippen molar-refractivity contribution in [3.05, 3.63) is 31.7 Å². The second-order valence-corrected chi connectivity index (χ2v) is 12.1. The molecule has 0 aliphatic carbocycles. The van der Waals surface area contributed by atoms with Crippen molar-refractivity contribution < 1.29 is 0 Å². The van der Waals surface area contributed by atoms with Crippen molar-refractivity contribution in [2.75, 3.05) is 0 Å². The topological polar surface area (TPSA) is 0 Å². The molecular weight excluding hydrogens is 412 g/mol. The van der Waals surface area contributed by atoms with Gasteiger partial charge in [0.1, 0.15) is 0 Å². The molecule has 0 fully saturated rings. The lowest BCUT2D eigenvalue weighted by Gasteiger charge is -2.27. The third kappa shape index (κ3) is 7.30. The predicted molar refractivity (Wildman–Crippen MR) is 111 cm³/mol. The van der Waals surface area contributed by atoms with Gasteiger partial charge in [-0.15, -0.1) is 0 Å². The first-order valence-electron chi connectivity index (χ1n) is 8.58. The van der Waals surface area contributed by atoms with Gasteiger partial charge in [0.05, 0.1) is 0 Å². The van der Waals surface area contributed by atoms with Crippen molar-refractivity contribution in [3.8, 4) is 0 Å². The fraction of sp³-hybridized carbons (Fsp3) is 0.714. The minimum absolute atomic E-state index is 0.268. The van der Waals surface area contributed by atoms with Crippen molar-refractivity contribution in [1.82, 2.24) is 0 Å². The maximum atomic E-state index is 3.92. The summed E-state index contributed by atoms with van der Waals surface area (Å²) in [6, 6.07) is 2.41. The monoisotopic (exact) mass is 444 g/mol. The summed E-state index contributed by atoms with van der Waals surface area (Å²) in [6.07, 6.45) is 3.26. The van der Waals surface area contributed by atoms with E-state index in [0.717, 1.165) is 19.3 Å². The summed E-state index contributed by atoms with van der Waals surface area (Å²) < 4.78 is 2.60. The lowest BCUT2D eigenvalue weighted by Crippen LogP contribution is -2.16. The van der Waals surface area contributed by atoms with Crippen molar-refractivity contribution >= 4 is 31.9 Å². The summed E-state index contributed by atoms with van der Waals surface area (Å²) in [7, 11) is 0. The maximum Gasteiger partial charge on any atom is 0.0251 e. The number of halogens is 2. The Morgan fingerprint density at radius 1 is 0.609 bits per heavy atom. The largest absolute Gasteiger partial charge is 0.0599 e. The Kier molecular flexibility index (Phi) is 6.64. The van der Waals surface area contributed by atoms with Crippen LogP contribution in [0, 0.1) is 16.2 Å². The molecule has 0 spiro atoms. The Balaban J connectivity index is 3.47. The fourth-order valence-corrected chi connectivity index (χ4v) is 4.36. The SMILES string of the molecule is CC(C)(C)Cc1cc(CC(C)(C)C)c(Br)c(CC(C)(C)C)c1Br. The summed E-state index contributed by atoms with van der Waals surface area (Å²) in [5.41, 5.74) is 5.16. The highest BCUT2D eigenvalue weighted by molar-refractivity contribution is 9.11. The van der Waals surface area contributed by atoms with Crippen LogP contribution >= 0.6 is 31.9 Å². The van der Waals surface area contributed by atoms with Crippen LogP contribution in [-0.2, 0) is 19.3 Å². The lowest BCUT2D eigenvalue weighted by molar-refractivity contribution is 0.397. The molecule has 0 atom stereocenters. The average Bonchev–Trinajstić information content (AvgIpc) is 2.26. The van der Waals surface area contributed by atoms with Gasteiger partial charge in [-0.05, 0) is 52.2 Å². The van der Waals surface area contributed by atoms with Crippen LogP contribution in [0.5, 0.6) is 0 Å². The molecule has 0 saturated carbocycles. The van der Waals surface area contributed by atoms with Crippen molar-refractivity contribution in [2.24, 2.45) is 16.2 Å². The van der Waals surface area contributed by atoms with Crippen molar-refractivity contribution in [3.63, 3.8) is 0 Å². The van der Waals surface area contributed by atoms with E-state index in [1.165, 1.54) is 25.6 Å². The highest BCUT2D eigenvalue weighted by atomic mass is 79.9. The number of benzene rings is 1. The smallest absolute Gasteiger partial charge is 0.0251 e. The molecule has 0 N–H and O–H groups in total. The van der Waals surface area contributed by atoms with Crippen LogP contribution < -0.4 is 0 Å². The summed E-state index contributed by atoms with van der Waals surface area (Å²) >= 11 is 7.84. The highest BCUT2D eigenvalue weighted by Gasteiger charge is 2.24. The zero-order valence-electron chi connectivity index (χ0n) is 16.5. The van der Waals surface area contributed by atoms with Crippen LogP contribution in [0.4, 0.5) is 0 Å². The molecule has 0 unspecified atom stereocenters. The van der Waals surface area contributed by atoms with Gasteiger partial charge in [0.25, 0.3) is 0 Å². The average molecular weight is 446 g/mol. The highest BCUT2D eigenvalue weighted by Crippen LogP contribution is 2.40. The molecule has 0 bridgehead atoms. The van der Waals surface area contributed by atoms with Gasteiger partial charge >= 0.3 is 0 Å². The molecule has 0 radical (unpaired) electrons. The lowest BCUT2D eigenvalue weighted by atomic mass is 9.81. The van der Waals surface area contributed by atoms with Crippen LogP contribution in [0.1, 0.15) is 79.0 Å². The van der Waals surface area contributed by atoms with Crippen molar-refractivity contribution in [1.29, 1.82) is 0 Å². The first-order valence-corrected chi connectivity index (χ1v) is 10.2. The molecule has 1 aromatic rings. The molecule has 2 heteroatoms. The molecule has 1 aromatic carbocycles. The van der Waals surface area contributed by atoms with E-state index in [2.05, 4.69) is 100 Å². The van der Waals surface area contributed by atoms with E-state index in [9.17, 15) is 0 Å². The molecule has 0 heterocycles. The molecule has 0 aliphatic rings. The first kappa shape index (κ1) is 21.2. The molecular formula is C21H34Br2. The first-order chi connectivity index (χ1) is 10.1. The zero-order valence-corrected chi connectivity index (χ0v) is 19.6. The van der Waals surface area contributed by atoms with E-state index in [4.69, 9.17) is 0 Å². The quantitative estimate of drug-likeness (QED) is 0.442. The van der Waals surface area contributed by atoms with Gasteiger partial charge in [0.2, 0.25) is 0 Å². The van der Waals surface area contributed by atoms with Gasteiger partial charge < -0.3 is 0 Å². The van der Waals surface area contributed by atoms with Crippen LogP contribution in [0.3, 0.4) is 0 Å². The van der Waals surface area contributed by atoms with E-state index in [-0.39, 0.29) is 16.2 Å². The van der Waals surface area contributed by atoms with Gasteiger partial charge in [0, 0.05) is 8.95 Å². The van der Waals surface area contributed by atoms with Crippen LogP contribution in [0.15, 0.2) is 15.0 Å². The van der Waals surface area contributed by atoms with Gasteiger partial charge in [-0.2, -0.15) is 0 Å². The molecule has 1 rings (SSSR count). The van der Waals surface area contributed by atoms with Gasteiger partial charge in [-0.1, -0.05) is 100 Å². The number of rotatable bonds is 3. The molecule has 0 aromatic heterocycles. The molecule has 0 aliphatic heterocycles. The summed E-state index contributed by atoms with van der Waals surface area (Å²) in [5, 5.41) is 0. The second-order valence-electron chi connectivity index (χ2n) is 10.5. The van der Waals surface area contributed by atoms with E-state index >= 15 is 0 Å². The molecule has 0 nitrogen and oxygen atoms in total. The second kappa shape index (κ2) is 7.20. The Morgan fingerprint density at radius 3 is 1.17 bits per heavy atom. The van der Waals surface area contributed by atoms with E-state index in [1.807, 2.05) is 0 Å². The predicted octanol–water partition coefficient (Wildman–Crippen LogP) is 7.98. The zero-order chi connectivity index (χ0) is 18.2. The molecule has 132 valence electrons. The Morgan fingerprint density at radius 2 is 0.913 bits per heavy atom. The Hall–Kier alpha value is 0.180. The normalized spacial score (nSPS) is 13.5. The minimum Gasteiger partial charge on any atom is -0.0599 e. The maximum absolute atomic E-state index is 3.92. The van der Waals surface area contributed by atoms with E-state index in [0.29, 0.717) is 0 Å². The van der Waals surface area contributed by atoms with Crippen LogP contribution in [-0.4, -0.2) is 0 Å². The molecule has 0 saturated heterocycles. The minimum atomic E-state index is 0.268. The third-order valence-electron chi connectivity index (χ3n) is 3.59. The standard InChI is InChI=1S/C21H34Br2/c1-19(2,3)11-14-10-15(12-20(4,5)6)18(23)16(17(14)22)13-21(7,8)9/h10H,11-13H2,1-9H3. The number of hydrogen-bond acceptors (Lipinski definition) is 0. The summed E-state index contributed by atoms with van der Waals surface area (Å²) in [5.74, 6) is 0. The third-order valence-corrected chi connectivity index (χ3v) is 5.57. The Bertz CT molecular complexity index is 509. The van der Waals surface area contributed by atoms with Crippen LogP contribution in [0.2, 0.25) is 0 Å². The fourth-order valence-electron chi connectivity index (χ4n) is 2.91. The van der Waals surface area contributed by atoms with Crippen LogP contribution in [0.25, 0.3) is 0 Å². The van der Waals surface area contributed by atoms with E-state index in [1.54, 1.807) is 0 Å². The van der Waals surface area contributed by atoms with Crippen molar-refractivity contribution in [2.45, 2.75) is 81.6 Å². The molecule has 23 heavy (non-hydrogen) atoms. The molecule has 0 amide bonds. The Labute approximate surface area is 161 Å². The van der Waals surface area contributed by atoms with Gasteiger partial charge in [0.15, 0.2) is 0 Å². The number of hydrogen-bond donors (Lipinski definition) is 0. The summed E-state index contributed by atoms with van der Waals surface area (Å²) in [6.45, 7) is 20.8. The van der Waals surface area contributed by atoms with Gasteiger partial charge in [-0.25, -0.2) is 0 Å². The summed E-state index contributed by atoms with van der Waals surface area (Å²) in [4.78, 5) is 0. The van der Waals surface area contributed by atoms with Gasteiger partial charge in [-0.3, -0.25) is 0 Å².